The van der Waals surface area contributed by atoms with Crippen LogP contribution in [0.5, 0.6) is 0 Å². The minimum Gasteiger partial charge on any atom is -0.298 e. The van der Waals surface area contributed by atoms with E-state index < -0.39 is 0 Å². The van der Waals surface area contributed by atoms with Crippen molar-refractivity contribution in [3.8, 4) is 55.6 Å². The summed E-state index contributed by atoms with van der Waals surface area (Å²) in [5.74, 6) is 0. The Morgan fingerprint density at radius 1 is 0.312 bits per heavy atom. The van der Waals surface area contributed by atoms with Gasteiger partial charge in [-0.1, -0.05) is 146 Å². The van der Waals surface area contributed by atoms with Crippen LogP contribution in [-0.4, -0.2) is 12.6 Å². The second kappa shape index (κ2) is 12.4. The van der Waals surface area contributed by atoms with Crippen molar-refractivity contribution in [1.82, 2.24) is 0 Å². The molecule has 0 N–H and O–H groups in total. The van der Waals surface area contributed by atoms with Crippen molar-refractivity contribution in [2.75, 3.05) is 0 Å². The van der Waals surface area contributed by atoms with E-state index in [2.05, 4.69) is 72.8 Å². The van der Waals surface area contributed by atoms with Crippen LogP contribution in [0, 0.1) is 0 Å². The SMILES string of the molecule is O=Cc1c(-c2ccccc2)cc2cc(-c3ccccc3)ccc2c1-c1c(C=O)c(-c2ccccc2)cc2cc(-c3ccccc3)ccc12. The molecule has 0 radical (unpaired) electrons. The fourth-order valence-corrected chi connectivity index (χ4v) is 6.96. The maximum absolute atomic E-state index is 13.4. The lowest BCUT2D eigenvalue weighted by Crippen LogP contribution is -2.01. The molecule has 0 fully saturated rings. The summed E-state index contributed by atoms with van der Waals surface area (Å²) in [4.78, 5) is 26.7. The number of fused-ring (bicyclic) bond motifs is 2. The summed E-state index contributed by atoms with van der Waals surface area (Å²) in [5, 5.41) is 3.81. The molecule has 8 rings (SSSR count). The van der Waals surface area contributed by atoms with E-state index in [1.807, 2.05) is 97.1 Å². The summed E-state index contributed by atoms with van der Waals surface area (Å²) in [6.07, 6.45) is 1.91. The van der Waals surface area contributed by atoms with Gasteiger partial charge in [0.15, 0.2) is 12.6 Å². The van der Waals surface area contributed by atoms with Crippen LogP contribution in [0.1, 0.15) is 20.7 Å². The van der Waals surface area contributed by atoms with Gasteiger partial charge >= 0.3 is 0 Å². The number of benzene rings is 8. The molecule has 0 aliphatic carbocycles. The van der Waals surface area contributed by atoms with Gasteiger partial charge in [-0.05, 0) is 90.3 Å². The molecule has 0 bridgehead atoms. The molecule has 0 unspecified atom stereocenters. The average molecular weight is 615 g/mol. The summed E-state index contributed by atoms with van der Waals surface area (Å²) in [5.41, 5.74) is 10.6. The zero-order chi connectivity index (χ0) is 32.5. The van der Waals surface area contributed by atoms with Gasteiger partial charge in [0.2, 0.25) is 0 Å². The minimum atomic E-state index is 0.558. The first kappa shape index (κ1) is 29.1. The zero-order valence-electron chi connectivity index (χ0n) is 26.1. The monoisotopic (exact) mass is 614 g/mol. The summed E-state index contributed by atoms with van der Waals surface area (Å²) in [6, 6.07) is 57.6. The number of hydrogen-bond acceptors (Lipinski definition) is 2. The van der Waals surface area contributed by atoms with Gasteiger partial charge in [-0.2, -0.15) is 0 Å². The van der Waals surface area contributed by atoms with Crippen LogP contribution in [0.3, 0.4) is 0 Å². The smallest absolute Gasteiger partial charge is 0.151 e. The molecule has 0 saturated heterocycles. The van der Waals surface area contributed by atoms with E-state index in [-0.39, 0.29) is 0 Å². The maximum atomic E-state index is 13.4. The molecular formula is C46H30O2. The first-order chi connectivity index (χ1) is 23.7. The quantitative estimate of drug-likeness (QED) is 0.167. The van der Waals surface area contributed by atoms with E-state index in [0.717, 1.165) is 89.8 Å². The van der Waals surface area contributed by atoms with E-state index in [4.69, 9.17) is 0 Å². The molecule has 0 atom stereocenters. The van der Waals surface area contributed by atoms with Crippen molar-refractivity contribution in [2.24, 2.45) is 0 Å². The Balaban J connectivity index is 1.53. The maximum Gasteiger partial charge on any atom is 0.151 e. The normalized spacial score (nSPS) is 11.1. The van der Waals surface area contributed by atoms with Crippen molar-refractivity contribution >= 4 is 34.1 Å². The molecule has 8 aromatic carbocycles. The molecule has 2 heteroatoms. The fourth-order valence-electron chi connectivity index (χ4n) is 6.96. The van der Waals surface area contributed by atoms with Crippen LogP contribution in [0.2, 0.25) is 0 Å². The number of carbonyl (C=O) groups excluding carboxylic acids is 2. The zero-order valence-corrected chi connectivity index (χ0v) is 26.1. The largest absolute Gasteiger partial charge is 0.298 e. The molecule has 0 aromatic heterocycles. The second-order valence-corrected chi connectivity index (χ2v) is 12.0. The van der Waals surface area contributed by atoms with Crippen molar-refractivity contribution in [1.29, 1.82) is 0 Å². The molecule has 0 aliphatic heterocycles. The Labute approximate surface area is 279 Å². The Bertz CT molecular complexity index is 2270. The highest BCUT2D eigenvalue weighted by Crippen LogP contribution is 2.46. The predicted molar refractivity (Wildman–Crippen MR) is 199 cm³/mol. The first-order valence-electron chi connectivity index (χ1n) is 16.1. The van der Waals surface area contributed by atoms with Crippen LogP contribution in [0.4, 0.5) is 0 Å². The Morgan fingerprint density at radius 2 is 0.646 bits per heavy atom. The summed E-state index contributed by atoms with van der Waals surface area (Å²) >= 11 is 0. The number of aldehydes is 2. The van der Waals surface area contributed by atoms with Gasteiger partial charge in [0.25, 0.3) is 0 Å². The van der Waals surface area contributed by atoms with Gasteiger partial charge in [0.05, 0.1) is 0 Å². The molecule has 0 aliphatic rings. The summed E-state index contributed by atoms with van der Waals surface area (Å²) < 4.78 is 0. The molecule has 0 saturated carbocycles. The lowest BCUT2D eigenvalue weighted by atomic mass is 9.81. The van der Waals surface area contributed by atoms with E-state index >= 15 is 0 Å². The minimum absolute atomic E-state index is 0.558. The molecule has 0 spiro atoms. The molecule has 48 heavy (non-hydrogen) atoms. The number of carbonyl (C=O) groups is 2. The molecule has 226 valence electrons. The van der Waals surface area contributed by atoms with Gasteiger partial charge in [-0.15, -0.1) is 0 Å². The van der Waals surface area contributed by atoms with Crippen LogP contribution >= 0.6 is 0 Å². The third-order valence-electron chi connectivity index (χ3n) is 9.23. The molecule has 0 heterocycles. The molecule has 2 nitrogen and oxygen atoms in total. The van der Waals surface area contributed by atoms with Gasteiger partial charge < -0.3 is 0 Å². The van der Waals surface area contributed by atoms with Crippen molar-refractivity contribution in [2.45, 2.75) is 0 Å². The third-order valence-corrected chi connectivity index (χ3v) is 9.23. The second-order valence-electron chi connectivity index (χ2n) is 12.0. The van der Waals surface area contributed by atoms with Gasteiger partial charge in [0, 0.05) is 22.3 Å². The van der Waals surface area contributed by atoms with E-state index in [0.29, 0.717) is 11.1 Å². The lowest BCUT2D eigenvalue weighted by Gasteiger charge is -2.21. The summed E-state index contributed by atoms with van der Waals surface area (Å²) in [7, 11) is 0. The van der Waals surface area contributed by atoms with Crippen LogP contribution in [0.25, 0.3) is 77.2 Å². The predicted octanol–water partition coefficient (Wildman–Crippen LogP) is 12.0. The van der Waals surface area contributed by atoms with Gasteiger partial charge in [-0.25, -0.2) is 0 Å². The van der Waals surface area contributed by atoms with Crippen LogP contribution < -0.4 is 0 Å². The highest BCUT2D eigenvalue weighted by atomic mass is 16.1. The number of hydrogen-bond donors (Lipinski definition) is 0. The van der Waals surface area contributed by atoms with Crippen LogP contribution in [-0.2, 0) is 0 Å². The third kappa shape index (κ3) is 5.10. The van der Waals surface area contributed by atoms with Crippen molar-refractivity contribution < 1.29 is 9.59 Å². The average Bonchev–Trinajstić information content (AvgIpc) is 3.17. The van der Waals surface area contributed by atoms with Gasteiger partial charge in [-0.3, -0.25) is 9.59 Å². The van der Waals surface area contributed by atoms with E-state index in [9.17, 15) is 9.59 Å². The number of rotatable bonds is 7. The molecule has 8 aromatic rings. The highest BCUT2D eigenvalue weighted by Gasteiger charge is 2.23. The Hall–Kier alpha value is -6.38. The molecular weight excluding hydrogens is 585 g/mol. The van der Waals surface area contributed by atoms with E-state index in [1.54, 1.807) is 0 Å². The van der Waals surface area contributed by atoms with E-state index in [1.165, 1.54) is 0 Å². The standard InChI is InChI=1S/C46H30O2/c47-29-43-41(33-17-9-3-10-18-33)27-37-25-35(31-13-5-1-6-14-31)21-23-39(37)45(43)46-40-24-22-36(32-15-7-2-8-16-32)26-38(40)28-42(44(46)30-48)34-19-11-4-12-20-34/h1-30H. The van der Waals surface area contributed by atoms with Crippen LogP contribution in [0.15, 0.2) is 170 Å². The van der Waals surface area contributed by atoms with Crippen molar-refractivity contribution in [3.05, 3.63) is 181 Å². The highest BCUT2D eigenvalue weighted by molar-refractivity contribution is 6.19. The Kier molecular flexibility index (Phi) is 7.52. The Morgan fingerprint density at radius 3 is 0.979 bits per heavy atom. The lowest BCUT2D eigenvalue weighted by molar-refractivity contribution is 0.111. The van der Waals surface area contributed by atoms with Crippen molar-refractivity contribution in [3.63, 3.8) is 0 Å². The topological polar surface area (TPSA) is 34.1 Å². The summed E-state index contributed by atoms with van der Waals surface area (Å²) in [6.45, 7) is 0. The molecule has 0 amide bonds. The first-order valence-corrected chi connectivity index (χ1v) is 16.1. The fraction of sp³-hybridized carbons (Fsp3) is 0. The van der Waals surface area contributed by atoms with Gasteiger partial charge in [0.1, 0.15) is 0 Å².